The summed E-state index contributed by atoms with van der Waals surface area (Å²) in [5.74, 6) is 0.0729. The molecule has 0 unspecified atom stereocenters. The molecule has 6 heterocycles. The van der Waals surface area contributed by atoms with Crippen LogP contribution >= 0.6 is 0 Å². The number of fused-ring (bicyclic) bond motifs is 2. The Balaban J connectivity index is 1.20. The number of nitrogens with zero attached hydrogens (tertiary/aromatic N) is 4. The lowest BCUT2D eigenvalue weighted by atomic mass is 9.94. The first-order valence-electron chi connectivity index (χ1n) is 13.7. The van der Waals surface area contributed by atoms with Gasteiger partial charge in [-0.2, -0.15) is 5.10 Å². The van der Waals surface area contributed by atoms with E-state index < -0.39 is 0 Å². The third-order valence-electron chi connectivity index (χ3n) is 7.59. The third-order valence-corrected chi connectivity index (χ3v) is 7.59. The minimum Gasteiger partial charge on any atom is -0.353 e. The van der Waals surface area contributed by atoms with Crippen molar-refractivity contribution in [3.63, 3.8) is 0 Å². The van der Waals surface area contributed by atoms with Crippen molar-refractivity contribution < 1.29 is 9.18 Å². The highest BCUT2D eigenvalue weighted by Gasteiger charge is 2.19. The van der Waals surface area contributed by atoms with Gasteiger partial charge in [0.1, 0.15) is 17.0 Å². The van der Waals surface area contributed by atoms with Gasteiger partial charge in [-0.15, -0.1) is 0 Å². The predicted molar refractivity (Wildman–Crippen MR) is 156 cm³/mol. The van der Waals surface area contributed by atoms with Crippen molar-refractivity contribution >= 4 is 33.5 Å². The number of carbonyl (C=O) groups is 1. The SMILES string of the molecule is O=C(CC1CCNCC1)Nc1cncc(-c2ccc3[nH]nc(-c4cc5c(-c6ccccc6F)nccc5[nH]4)c3n2)c1. The fourth-order valence-corrected chi connectivity index (χ4v) is 5.51. The number of hydrogen-bond donors (Lipinski definition) is 4. The van der Waals surface area contributed by atoms with Gasteiger partial charge in [0.15, 0.2) is 0 Å². The van der Waals surface area contributed by atoms with E-state index in [1.165, 1.54) is 6.07 Å². The summed E-state index contributed by atoms with van der Waals surface area (Å²) in [6.07, 6.45) is 7.57. The molecule has 0 radical (unpaired) electrons. The fraction of sp³-hybridized carbons (Fsp3) is 0.194. The van der Waals surface area contributed by atoms with E-state index in [4.69, 9.17) is 4.98 Å². The second-order valence-corrected chi connectivity index (χ2v) is 10.4. The van der Waals surface area contributed by atoms with Crippen LogP contribution in [0.25, 0.3) is 55.8 Å². The highest BCUT2D eigenvalue weighted by molar-refractivity contribution is 5.99. The molecule has 1 fully saturated rings. The van der Waals surface area contributed by atoms with E-state index in [9.17, 15) is 9.18 Å². The zero-order valence-electron chi connectivity index (χ0n) is 22.1. The van der Waals surface area contributed by atoms with E-state index in [1.807, 2.05) is 30.3 Å². The van der Waals surface area contributed by atoms with E-state index in [0.717, 1.165) is 53.6 Å². The molecule has 0 atom stereocenters. The lowest BCUT2D eigenvalue weighted by Gasteiger charge is -2.21. The smallest absolute Gasteiger partial charge is 0.224 e. The molecule has 9 nitrogen and oxygen atoms in total. The Labute approximate surface area is 234 Å². The van der Waals surface area contributed by atoms with E-state index in [2.05, 4.69) is 35.8 Å². The molecule has 0 bridgehead atoms. The molecule has 0 saturated carbocycles. The van der Waals surface area contributed by atoms with Crippen LogP contribution in [-0.4, -0.2) is 49.1 Å². The van der Waals surface area contributed by atoms with Crippen LogP contribution in [0.2, 0.25) is 0 Å². The van der Waals surface area contributed by atoms with Gasteiger partial charge in [-0.25, -0.2) is 9.37 Å². The molecule has 1 saturated heterocycles. The van der Waals surface area contributed by atoms with E-state index in [0.29, 0.717) is 46.2 Å². The number of aromatic amines is 2. The second-order valence-electron chi connectivity index (χ2n) is 10.4. The zero-order chi connectivity index (χ0) is 27.8. The summed E-state index contributed by atoms with van der Waals surface area (Å²) in [5, 5.41) is 14.7. The van der Waals surface area contributed by atoms with Crippen LogP contribution in [0, 0.1) is 11.7 Å². The van der Waals surface area contributed by atoms with Gasteiger partial charge in [0.25, 0.3) is 0 Å². The summed E-state index contributed by atoms with van der Waals surface area (Å²) in [4.78, 5) is 29.8. The van der Waals surface area contributed by atoms with Crippen LogP contribution in [-0.2, 0) is 4.79 Å². The molecule has 0 aliphatic carbocycles. The number of nitrogens with one attached hydrogen (secondary N) is 4. The number of H-pyrrole nitrogens is 2. The van der Waals surface area contributed by atoms with Crippen molar-refractivity contribution in [1.29, 1.82) is 0 Å². The van der Waals surface area contributed by atoms with Crippen molar-refractivity contribution in [2.24, 2.45) is 5.92 Å². The van der Waals surface area contributed by atoms with Crippen molar-refractivity contribution in [2.45, 2.75) is 19.3 Å². The van der Waals surface area contributed by atoms with Crippen LogP contribution in [0.1, 0.15) is 19.3 Å². The van der Waals surface area contributed by atoms with Crippen molar-refractivity contribution in [1.82, 2.24) is 35.5 Å². The summed E-state index contributed by atoms with van der Waals surface area (Å²) < 4.78 is 14.6. The Morgan fingerprint density at radius 1 is 1.00 bits per heavy atom. The van der Waals surface area contributed by atoms with Crippen molar-refractivity contribution in [2.75, 3.05) is 18.4 Å². The van der Waals surface area contributed by atoms with Crippen LogP contribution in [0.5, 0.6) is 0 Å². The van der Waals surface area contributed by atoms with Crippen molar-refractivity contribution in [3.05, 3.63) is 79.0 Å². The lowest BCUT2D eigenvalue weighted by molar-refractivity contribution is -0.117. The molecule has 1 aliphatic rings. The summed E-state index contributed by atoms with van der Waals surface area (Å²) in [7, 11) is 0. The quantitative estimate of drug-likeness (QED) is 0.213. The number of amides is 1. The molecular formula is C31H27FN8O. The fourth-order valence-electron chi connectivity index (χ4n) is 5.51. The average molecular weight is 547 g/mol. The number of anilines is 1. The topological polar surface area (TPSA) is 124 Å². The molecule has 1 aliphatic heterocycles. The van der Waals surface area contributed by atoms with Gasteiger partial charge in [-0.05, 0) is 74.3 Å². The summed E-state index contributed by atoms with van der Waals surface area (Å²) in [6, 6.07) is 16.1. The molecular weight excluding hydrogens is 519 g/mol. The van der Waals surface area contributed by atoms with E-state index >= 15 is 0 Å². The van der Waals surface area contributed by atoms with Crippen molar-refractivity contribution in [3.8, 4) is 33.9 Å². The van der Waals surface area contributed by atoms with Crippen LogP contribution in [0.15, 0.2) is 73.2 Å². The molecule has 41 heavy (non-hydrogen) atoms. The lowest BCUT2D eigenvalue weighted by Crippen LogP contribution is -2.30. The average Bonchev–Trinajstić information content (AvgIpc) is 3.62. The molecule has 1 aromatic carbocycles. The summed E-state index contributed by atoms with van der Waals surface area (Å²) >= 11 is 0. The van der Waals surface area contributed by atoms with Gasteiger partial charge in [0.2, 0.25) is 5.91 Å². The number of halogens is 1. The van der Waals surface area contributed by atoms with Crippen LogP contribution in [0.3, 0.4) is 0 Å². The zero-order valence-corrected chi connectivity index (χ0v) is 22.1. The molecule has 0 spiro atoms. The summed E-state index contributed by atoms with van der Waals surface area (Å²) in [5.41, 5.74) is 6.75. The van der Waals surface area contributed by atoms with E-state index in [1.54, 1.807) is 36.8 Å². The largest absolute Gasteiger partial charge is 0.353 e. The molecule has 4 N–H and O–H groups in total. The maximum absolute atomic E-state index is 14.6. The van der Waals surface area contributed by atoms with Gasteiger partial charge in [-0.1, -0.05) is 12.1 Å². The Morgan fingerprint density at radius 3 is 2.76 bits per heavy atom. The first kappa shape index (κ1) is 25.0. The summed E-state index contributed by atoms with van der Waals surface area (Å²) in [6.45, 7) is 1.92. The van der Waals surface area contributed by atoms with Gasteiger partial charge in [-0.3, -0.25) is 19.9 Å². The first-order chi connectivity index (χ1) is 20.1. The predicted octanol–water partition coefficient (Wildman–Crippen LogP) is 5.70. The highest BCUT2D eigenvalue weighted by Crippen LogP contribution is 2.34. The highest BCUT2D eigenvalue weighted by atomic mass is 19.1. The van der Waals surface area contributed by atoms with Crippen LogP contribution in [0.4, 0.5) is 10.1 Å². The first-order valence-corrected chi connectivity index (χ1v) is 13.7. The van der Waals surface area contributed by atoms with Gasteiger partial charge < -0.3 is 15.6 Å². The third kappa shape index (κ3) is 4.93. The number of carbonyl (C=O) groups excluding carboxylic acids is 1. The minimum atomic E-state index is -0.329. The monoisotopic (exact) mass is 546 g/mol. The molecule has 7 rings (SSSR count). The Kier molecular flexibility index (Phi) is 6.44. The molecule has 5 aromatic heterocycles. The Morgan fingerprint density at radius 2 is 1.88 bits per heavy atom. The second kappa shape index (κ2) is 10.5. The minimum absolute atomic E-state index is 0.000522. The number of hydrogen-bond acceptors (Lipinski definition) is 6. The number of aromatic nitrogens is 6. The maximum Gasteiger partial charge on any atom is 0.224 e. The Hall–Kier alpha value is -4.96. The van der Waals surface area contributed by atoms with Gasteiger partial charge >= 0.3 is 0 Å². The molecule has 6 aromatic rings. The molecule has 1 amide bonds. The van der Waals surface area contributed by atoms with Crippen LogP contribution < -0.4 is 10.6 Å². The number of rotatable bonds is 6. The Bertz CT molecular complexity index is 1890. The van der Waals surface area contributed by atoms with E-state index in [-0.39, 0.29) is 11.7 Å². The van der Waals surface area contributed by atoms with Gasteiger partial charge in [0, 0.05) is 40.8 Å². The molecule has 204 valence electrons. The number of pyridine rings is 3. The number of benzene rings is 1. The normalized spacial score (nSPS) is 14.1. The van der Waals surface area contributed by atoms with Gasteiger partial charge in [0.05, 0.1) is 34.5 Å². The maximum atomic E-state index is 14.6. The standard InChI is InChI=1S/C31H27FN8O/c32-23-4-2-1-3-21(23)29-22-15-27(37-25(22)9-12-35-29)31-30-26(39-40-31)6-5-24(38-30)19-14-20(17-34-16-19)36-28(41)13-18-7-10-33-11-8-18/h1-6,9,12,14-18,33,37H,7-8,10-11,13H2,(H,36,41)(H,39,40). The number of piperidine rings is 1. The molecule has 10 heteroatoms.